The number of hydrogen-bond acceptors (Lipinski definition) is 4. The third-order valence-electron chi connectivity index (χ3n) is 4.83. The quantitative estimate of drug-likeness (QED) is 0.525. The molecule has 0 aliphatic rings. The molecule has 4 N–H and O–H groups in total. The number of aromatic hydroxyl groups is 1. The van der Waals surface area contributed by atoms with Crippen molar-refractivity contribution in [2.24, 2.45) is 12.8 Å². The van der Waals surface area contributed by atoms with Crippen LogP contribution in [0.3, 0.4) is 0 Å². The highest BCUT2D eigenvalue weighted by molar-refractivity contribution is 5.98. The number of fused-ring (bicyclic) bond motifs is 1. The molecule has 3 rings (SSSR count). The molecule has 0 unspecified atom stereocenters. The summed E-state index contributed by atoms with van der Waals surface area (Å²) >= 11 is 0. The molecule has 2 aromatic carbocycles. The van der Waals surface area contributed by atoms with Crippen LogP contribution in [0, 0.1) is 0 Å². The molecule has 0 aliphatic heterocycles. The average Bonchev–Trinajstić information content (AvgIpc) is 2.98. The van der Waals surface area contributed by atoms with Crippen LogP contribution in [0.25, 0.3) is 10.9 Å². The molecule has 0 bridgehead atoms. The van der Waals surface area contributed by atoms with Crippen LogP contribution in [0.2, 0.25) is 0 Å². The first kappa shape index (κ1) is 19.9. The fraction of sp³-hybridized carbons (Fsp3) is 0.318. The predicted octanol–water partition coefficient (Wildman–Crippen LogP) is 2.59. The smallest absolute Gasteiger partial charge is 0.251 e. The summed E-state index contributed by atoms with van der Waals surface area (Å²) in [6, 6.07) is 13.1. The van der Waals surface area contributed by atoms with E-state index in [4.69, 9.17) is 5.73 Å². The number of amides is 1. The lowest BCUT2D eigenvalue weighted by Gasteiger charge is -2.16. The number of hydrogen-bond donors (Lipinski definition) is 3. The van der Waals surface area contributed by atoms with E-state index < -0.39 is 0 Å². The number of phenolic OH excluding ortho intramolecular Hbond substituents is 1. The van der Waals surface area contributed by atoms with Gasteiger partial charge in [-0.15, -0.1) is 0 Å². The van der Waals surface area contributed by atoms with Crippen LogP contribution < -0.4 is 11.1 Å². The molecule has 0 saturated heterocycles. The predicted molar refractivity (Wildman–Crippen MR) is 112 cm³/mol. The van der Waals surface area contributed by atoms with E-state index in [1.54, 1.807) is 12.1 Å². The number of aromatic nitrogens is 1. The average molecular weight is 380 g/mol. The highest BCUT2D eigenvalue weighted by Crippen LogP contribution is 2.24. The second kappa shape index (κ2) is 8.91. The number of nitrogens with zero attached hydrogens (tertiary/aromatic N) is 2. The molecular formula is C22H28N4O2. The van der Waals surface area contributed by atoms with Gasteiger partial charge in [-0.2, -0.15) is 0 Å². The minimum atomic E-state index is -0.0670. The number of carbonyl (C=O) groups is 1. The summed E-state index contributed by atoms with van der Waals surface area (Å²) in [5.41, 5.74) is 9.57. The number of rotatable bonds is 8. The number of aryl methyl sites for hydroxylation is 1. The number of nitrogens with one attached hydrogen (secondary N) is 1. The summed E-state index contributed by atoms with van der Waals surface area (Å²) in [5, 5.41) is 13.4. The van der Waals surface area contributed by atoms with E-state index in [2.05, 4.69) is 28.0 Å². The zero-order valence-corrected chi connectivity index (χ0v) is 16.5. The Balaban J connectivity index is 1.77. The van der Waals surface area contributed by atoms with Gasteiger partial charge in [0.1, 0.15) is 5.75 Å². The molecule has 3 aromatic rings. The highest BCUT2D eigenvalue weighted by atomic mass is 16.3. The van der Waals surface area contributed by atoms with Gasteiger partial charge in [0.2, 0.25) is 0 Å². The fourth-order valence-electron chi connectivity index (χ4n) is 3.41. The Morgan fingerprint density at radius 1 is 1.18 bits per heavy atom. The van der Waals surface area contributed by atoms with Gasteiger partial charge in [-0.1, -0.05) is 12.1 Å². The van der Waals surface area contributed by atoms with Crippen molar-refractivity contribution in [1.29, 1.82) is 0 Å². The second-order valence-corrected chi connectivity index (χ2v) is 7.23. The molecule has 6 nitrogen and oxygen atoms in total. The summed E-state index contributed by atoms with van der Waals surface area (Å²) in [4.78, 5) is 14.6. The van der Waals surface area contributed by atoms with Gasteiger partial charge in [0.05, 0.1) is 0 Å². The van der Waals surface area contributed by atoms with Gasteiger partial charge in [-0.25, -0.2) is 0 Å². The van der Waals surface area contributed by atoms with Gasteiger partial charge >= 0.3 is 0 Å². The summed E-state index contributed by atoms with van der Waals surface area (Å²) in [6.45, 7) is 2.69. The lowest BCUT2D eigenvalue weighted by atomic mass is 10.1. The van der Waals surface area contributed by atoms with Gasteiger partial charge < -0.3 is 20.7 Å². The Hall–Kier alpha value is -2.83. The maximum absolute atomic E-state index is 12.4. The number of benzene rings is 2. The highest BCUT2D eigenvalue weighted by Gasteiger charge is 2.13. The van der Waals surface area contributed by atoms with Crippen LogP contribution in [-0.4, -0.2) is 40.6 Å². The molecular weight excluding hydrogens is 352 g/mol. The minimum absolute atomic E-state index is 0.0670. The van der Waals surface area contributed by atoms with Gasteiger partial charge in [0.25, 0.3) is 5.91 Å². The topological polar surface area (TPSA) is 83.5 Å². The first-order valence-corrected chi connectivity index (χ1v) is 9.50. The maximum Gasteiger partial charge on any atom is 0.251 e. The standard InChI is InChI=1S/C22H28N4O2/c1-25(13-16-4-7-19(27)8-5-16)14-18-15-26(2)21-9-6-17(12-20(18)21)22(28)24-11-3-10-23/h4-9,12,15,27H,3,10-11,13-14,23H2,1-2H3,(H,24,28). The third kappa shape index (κ3) is 4.71. The van der Waals surface area contributed by atoms with Gasteiger partial charge in [0.15, 0.2) is 0 Å². The van der Waals surface area contributed by atoms with Crippen molar-refractivity contribution in [2.45, 2.75) is 19.5 Å². The van der Waals surface area contributed by atoms with Crippen LogP contribution >= 0.6 is 0 Å². The molecule has 0 fully saturated rings. The van der Waals surface area contributed by atoms with Crippen LogP contribution in [0.4, 0.5) is 0 Å². The Morgan fingerprint density at radius 2 is 1.93 bits per heavy atom. The molecule has 0 aliphatic carbocycles. The first-order valence-electron chi connectivity index (χ1n) is 9.50. The molecule has 0 radical (unpaired) electrons. The van der Waals surface area contributed by atoms with E-state index in [9.17, 15) is 9.90 Å². The summed E-state index contributed by atoms with van der Waals surface area (Å²) < 4.78 is 2.09. The molecule has 1 heterocycles. The second-order valence-electron chi connectivity index (χ2n) is 7.23. The lowest BCUT2D eigenvalue weighted by Crippen LogP contribution is -2.25. The molecule has 1 aromatic heterocycles. The Bertz CT molecular complexity index is 947. The van der Waals surface area contributed by atoms with E-state index in [-0.39, 0.29) is 11.7 Å². The van der Waals surface area contributed by atoms with E-state index in [1.165, 1.54) is 5.56 Å². The van der Waals surface area contributed by atoms with E-state index >= 15 is 0 Å². The zero-order valence-electron chi connectivity index (χ0n) is 16.5. The Morgan fingerprint density at radius 3 is 2.64 bits per heavy atom. The molecule has 1 amide bonds. The lowest BCUT2D eigenvalue weighted by molar-refractivity contribution is 0.0953. The summed E-state index contributed by atoms with van der Waals surface area (Å²) in [5.74, 6) is 0.209. The van der Waals surface area contributed by atoms with E-state index in [1.807, 2.05) is 37.4 Å². The Labute approximate surface area is 165 Å². The van der Waals surface area contributed by atoms with Crippen molar-refractivity contribution in [1.82, 2.24) is 14.8 Å². The maximum atomic E-state index is 12.4. The number of nitrogens with two attached hydrogens (primary N) is 1. The largest absolute Gasteiger partial charge is 0.508 e. The fourth-order valence-corrected chi connectivity index (χ4v) is 3.41. The van der Waals surface area contributed by atoms with Crippen molar-refractivity contribution < 1.29 is 9.90 Å². The van der Waals surface area contributed by atoms with Crippen molar-refractivity contribution in [2.75, 3.05) is 20.1 Å². The van der Waals surface area contributed by atoms with Crippen molar-refractivity contribution in [3.8, 4) is 5.75 Å². The zero-order chi connectivity index (χ0) is 20.1. The van der Waals surface area contributed by atoms with Crippen LogP contribution in [0.5, 0.6) is 5.75 Å². The molecule has 6 heteroatoms. The molecule has 28 heavy (non-hydrogen) atoms. The Kier molecular flexibility index (Phi) is 6.34. The monoisotopic (exact) mass is 380 g/mol. The third-order valence-corrected chi connectivity index (χ3v) is 4.83. The first-order chi connectivity index (χ1) is 13.5. The van der Waals surface area contributed by atoms with Crippen molar-refractivity contribution in [3.63, 3.8) is 0 Å². The number of phenols is 1. The van der Waals surface area contributed by atoms with Gasteiger partial charge in [-0.3, -0.25) is 9.69 Å². The number of carbonyl (C=O) groups excluding carboxylic acids is 1. The normalized spacial score (nSPS) is 11.3. The van der Waals surface area contributed by atoms with Crippen LogP contribution in [-0.2, 0) is 20.1 Å². The molecule has 0 saturated carbocycles. The minimum Gasteiger partial charge on any atom is -0.508 e. The van der Waals surface area contributed by atoms with Crippen molar-refractivity contribution in [3.05, 3.63) is 65.4 Å². The van der Waals surface area contributed by atoms with E-state index in [0.717, 1.165) is 36.0 Å². The van der Waals surface area contributed by atoms with Gasteiger partial charge in [0, 0.05) is 49.3 Å². The van der Waals surface area contributed by atoms with Crippen molar-refractivity contribution >= 4 is 16.8 Å². The van der Waals surface area contributed by atoms with Crippen LogP contribution in [0.1, 0.15) is 27.9 Å². The molecule has 0 spiro atoms. The summed E-state index contributed by atoms with van der Waals surface area (Å²) in [7, 11) is 4.09. The molecule has 148 valence electrons. The van der Waals surface area contributed by atoms with Crippen LogP contribution in [0.15, 0.2) is 48.7 Å². The molecule has 0 atom stereocenters. The summed E-state index contributed by atoms with van der Waals surface area (Å²) in [6.07, 6.45) is 2.89. The van der Waals surface area contributed by atoms with E-state index in [0.29, 0.717) is 18.7 Å². The van der Waals surface area contributed by atoms with Gasteiger partial charge in [-0.05, 0) is 61.5 Å². The SMILES string of the molecule is CN(Cc1ccc(O)cc1)Cc1cn(C)c2ccc(C(=O)NCCCN)cc12.